The summed E-state index contributed by atoms with van der Waals surface area (Å²) in [6, 6.07) is 42.2. The summed E-state index contributed by atoms with van der Waals surface area (Å²) in [6.07, 6.45) is 4.90. The predicted octanol–water partition coefficient (Wildman–Crippen LogP) is 9.49. The van der Waals surface area contributed by atoms with E-state index in [-0.39, 0.29) is 5.30 Å². The van der Waals surface area contributed by atoms with E-state index in [1.54, 1.807) is 0 Å². The van der Waals surface area contributed by atoms with Gasteiger partial charge in [0.25, 0.3) is 0 Å². The summed E-state index contributed by atoms with van der Waals surface area (Å²) in [4.78, 5) is 0. The second-order valence-electron chi connectivity index (χ2n) is 11.3. The Labute approximate surface area is 241 Å². The molecule has 198 valence electrons. The molecule has 0 bridgehead atoms. The quantitative estimate of drug-likeness (QED) is 0.149. The minimum absolute atomic E-state index is 0.0649. The lowest BCUT2D eigenvalue weighted by molar-refractivity contribution is 0.598. The lowest BCUT2D eigenvalue weighted by atomic mass is 9.94. The van der Waals surface area contributed by atoms with Crippen LogP contribution in [0.4, 0.5) is 8.78 Å². The van der Waals surface area contributed by atoms with E-state index >= 15 is 8.78 Å². The number of hydrogen-bond acceptors (Lipinski definition) is 0. The lowest BCUT2D eigenvalue weighted by Gasteiger charge is -2.31. The van der Waals surface area contributed by atoms with Gasteiger partial charge in [0.2, 0.25) is 0 Å². The van der Waals surface area contributed by atoms with Crippen LogP contribution in [0, 0.1) is 11.6 Å². The van der Waals surface area contributed by atoms with Crippen LogP contribution in [0.3, 0.4) is 0 Å². The first kappa shape index (κ1) is 23.9. The summed E-state index contributed by atoms with van der Waals surface area (Å²) in [5.74, 6) is -1.12. The zero-order valence-corrected chi connectivity index (χ0v) is 23.4. The van der Waals surface area contributed by atoms with E-state index in [2.05, 4.69) is 109 Å². The SMILES string of the molecule is C=P(c1c(F)cccc1F)(c1ccc2ccc3cccc4ccc1c2c34)c1ccc2ccc3cccc4ccc1c2c34. The molecule has 0 saturated carbocycles. The van der Waals surface area contributed by atoms with Crippen LogP contribution in [0.1, 0.15) is 0 Å². The molecule has 0 spiro atoms. The molecule has 0 unspecified atom stereocenters. The highest BCUT2D eigenvalue weighted by molar-refractivity contribution is 7.94. The zero-order valence-electron chi connectivity index (χ0n) is 22.5. The Kier molecular flexibility index (Phi) is 4.76. The summed E-state index contributed by atoms with van der Waals surface area (Å²) in [5, 5.41) is 15.2. The van der Waals surface area contributed by atoms with Crippen LogP contribution in [0.5, 0.6) is 0 Å². The van der Waals surface area contributed by atoms with Crippen molar-refractivity contribution in [2.75, 3.05) is 0 Å². The van der Waals surface area contributed by atoms with Gasteiger partial charge in [0.05, 0.1) is 5.30 Å². The minimum Gasteiger partial charge on any atom is -0.206 e. The third-order valence-corrected chi connectivity index (χ3v) is 12.8. The minimum atomic E-state index is -3.12. The third kappa shape index (κ3) is 3.00. The molecule has 9 aromatic carbocycles. The molecule has 0 aromatic heterocycles. The Bertz CT molecular complexity index is 2370. The molecule has 9 aromatic rings. The molecule has 3 heteroatoms. The second kappa shape index (κ2) is 8.38. The average Bonchev–Trinajstić information content (AvgIpc) is 3.02. The van der Waals surface area contributed by atoms with E-state index in [0.717, 1.165) is 64.5 Å². The molecule has 9 rings (SSSR count). The highest BCUT2D eigenvalue weighted by atomic mass is 31.2. The van der Waals surface area contributed by atoms with Gasteiger partial charge in [0, 0.05) is 0 Å². The monoisotopic (exact) mass is 560 g/mol. The third-order valence-electron chi connectivity index (χ3n) is 9.15. The molecular formula is C39H23F2P. The van der Waals surface area contributed by atoms with Crippen LogP contribution >= 0.6 is 6.89 Å². The Morgan fingerprint density at radius 2 is 0.714 bits per heavy atom. The number of rotatable bonds is 3. The molecule has 0 fully saturated rings. The number of halogens is 2. The number of hydrogen-bond donors (Lipinski definition) is 0. The van der Waals surface area contributed by atoms with Crippen LogP contribution in [0.2, 0.25) is 0 Å². The van der Waals surface area contributed by atoms with Gasteiger partial charge in [0.1, 0.15) is 11.6 Å². The van der Waals surface area contributed by atoms with Gasteiger partial charge in [-0.15, -0.1) is 0 Å². The van der Waals surface area contributed by atoms with Crippen molar-refractivity contribution in [3.63, 3.8) is 0 Å². The first-order valence-corrected chi connectivity index (χ1v) is 16.0. The first-order chi connectivity index (χ1) is 20.5. The predicted molar refractivity (Wildman–Crippen MR) is 180 cm³/mol. The molecule has 0 amide bonds. The smallest absolute Gasteiger partial charge is 0.134 e. The summed E-state index contributed by atoms with van der Waals surface area (Å²) in [6.45, 7) is -3.12. The number of benzene rings is 9. The summed E-state index contributed by atoms with van der Waals surface area (Å²) < 4.78 is 32.1. The van der Waals surface area contributed by atoms with Crippen molar-refractivity contribution in [2.45, 2.75) is 0 Å². The second-order valence-corrected chi connectivity index (χ2v) is 14.3. The molecule has 0 N–H and O–H groups in total. The normalized spacial score (nSPS) is 12.6. The maximum absolute atomic E-state index is 16.1. The molecule has 0 aliphatic rings. The Morgan fingerprint density at radius 3 is 1.14 bits per heavy atom. The summed E-state index contributed by atoms with van der Waals surface area (Å²) in [7, 11) is 0. The highest BCUT2D eigenvalue weighted by Gasteiger charge is 2.32. The van der Waals surface area contributed by atoms with Gasteiger partial charge < -0.3 is 0 Å². The van der Waals surface area contributed by atoms with E-state index in [1.807, 2.05) is 0 Å². The fourth-order valence-corrected chi connectivity index (χ4v) is 10.8. The van der Waals surface area contributed by atoms with E-state index < -0.39 is 18.5 Å². The van der Waals surface area contributed by atoms with Crippen molar-refractivity contribution in [2.24, 2.45) is 0 Å². The van der Waals surface area contributed by atoms with E-state index in [9.17, 15) is 0 Å². The summed E-state index contributed by atoms with van der Waals surface area (Å²) >= 11 is 0. The molecule has 0 heterocycles. The molecule has 0 aliphatic carbocycles. The fraction of sp³-hybridized carbons (Fsp3) is 0. The molecule has 0 atom stereocenters. The van der Waals surface area contributed by atoms with E-state index in [4.69, 9.17) is 6.30 Å². The topological polar surface area (TPSA) is 0 Å². The first-order valence-electron chi connectivity index (χ1n) is 14.1. The lowest BCUT2D eigenvalue weighted by Crippen LogP contribution is -2.30. The van der Waals surface area contributed by atoms with Gasteiger partial charge in [-0.3, -0.25) is 0 Å². The van der Waals surface area contributed by atoms with Crippen molar-refractivity contribution in [1.29, 1.82) is 0 Å². The van der Waals surface area contributed by atoms with Gasteiger partial charge >= 0.3 is 0 Å². The van der Waals surface area contributed by atoms with Crippen molar-refractivity contribution < 1.29 is 8.78 Å². The zero-order chi connectivity index (χ0) is 28.2. The van der Waals surface area contributed by atoms with Gasteiger partial charge in [-0.2, -0.15) is 0 Å². The fourth-order valence-electron chi connectivity index (χ4n) is 7.33. The van der Waals surface area contributed by atoms with Gasteiger partial charge in [0.15, 0.2) is 0 Å². The maximum Gasteiger partial charge on any atom is 0.134 e. The average molecular weight is 561 g/mol. The van der Waals surface area contributed by atoms with E-state index in [0.29, 0.717) is 0 Å². The van der Waals surface area contributed by atoms with Crippen LogP contribution in [0.25, 0.3) is 64.6 Å². The van der Waals surface area contributed by atoms with Crippen LogP contribution in [0.15, 0.2) is 127 Å². The molecule has 0 nitrogen and oxygen atoms in total. The van der Waals surface area contributed by atoms with Gasteiger partial charge in [-0.25, -0.2) is 8.78 Å². The Balaban J connectivity index is 1.49. The Morgan fingerprint density at radius 1 is 0.381 bits per heavy atom. The van der Waals surface area contributed by atoms with Gasteiger partial charge in [-0.05, 0) is 94.3 Å². The molecule has 0 saturated heterocycles. The van der Waals surface area contributed by atoms with Crippen molar-refractivity contribution in [1.82, 2.24) is 0 Å². The summed E-state index contributed by atoms with van der Waals surface area (Å²) in [5.41, 5.74) is 0. The van der Waals surface area contributed by atoms with Crippen LogP contribution < -0.4 is 15.9 Å². The molecule has 42 heavy (non-hydrogen) atoms. The molecular weight excluding hydrogens is 537 g/mol. The van der Waals surface area contributed by atoms with Gasteiger partial charge in [-0.1, -0.05) is 122 Å². The largest absolute Gasteiger partial charge is 0.206 e. The highest BCUT2D eigenvalue weighted by Crippen LogP contribution is 2.50. The van der Waals surface area contributed by atoms with Crippen molar-refractivity contribution in [3.8, 4) is 0 Å². The van der Waals surface area contributed by atoms with Crippen LogP contribution in [-0.4, -0.2) is 6.30 Å². The van der Waals surface area contributed by atoms with Crippen molar-refractivity contribution >= 4 is 93.7 Å². The Hall–Kier alpha value is -4.78. The standard InChI is InChI=1S/C39H23F2P/c1-42(39-31(40)9-4-10-32(39)41,33-21-17-27-13-11-23-5-2-7-25-15-19-29(33)37(27)35(23)25)34-22-18-28-14-12-24-6-3-8-26-16-20-30(34)38(28)36(24)26/h2-22H,1H2. The van der Waals surface area contributed by atoms with E-state index in [1.165, 1.54) is 29.0 Å². The maximum atomic E-state index is 16.1. The molecule has 0 aliphatic heterocycles. The molecule has 0 radical (unpaired) electrons. The van der Waals surface area contributed by atoms with Crippen molar-refractivity contribution in [3.05, 3.63) is 139 Å². The van der Waals surface area contributed by atoms with Crippen LogP contribution in [-0.2, 0) is 0 Å².